The highest BCUT2D eigenvalue weighted by Gasteiger charge is 2.28. The van der Waals surface area contributed by atoms with Gasteiger partial charge in [-0.05, 0) is 73.9 Å². The van der Waals surface area contributed by atoms with Crippen molar-refractivity contribution < 1.29 is 23.4 Å². The second-order valence-corrected chi connectivity index (χ2v) is 9.64. The summed E-state index contributed by atoms with van der Waals surface area (Å²) in [5.41, 5.74) is 1.74. The third kappa shape index (κ3) is 5.06. The average molecular weight is 466 g/mol. The molecule has 1 N–H and O–H groups in total. The predicted octanol–water partition coefficient (Wildman–Crippen LogP) is 5.67. The first kappa shape index (κ1) is 22.8. The van der Waals surface area contributed by atoms with Gasteiger partial charge in [0.15, 0.2) is 11.5 Å². The minimum Gasteiger partial charge on any atom is -0.493 e. The Morgan fingerprint density at radius 2 is 2.00 bits per heavy atom. The molecule has 5 nitrogen and oxygen atoms in total. The molecule has 0 bridgehead atoms. The van der Waals surface area contributed by atoms with Crippen LogP contribution in [0.4, 0.5) is 4.39 Å². The standard InChI is InChI=1S/C28H32FNO4/c1-32-26-12-9-19(16-27(26)33-21-5-2-3-6-21)20-13-18(15-28(31)30-17-20)14-22-10-11-23-24(29)7-4-8-25(23)34-22/h4,7-10,12,16,18,20-21H,2-3,5-6,11,13-15,17H2,1H3,(H,30,31). The lowest BCUT2D eigenvalue weighted by atomic mass is 9.85. The molecule has 1 amide bonds. The Morgan fingerprint density at radius 3 is 2.82 bits per heavy atom. The number of hydrogen-bond donors (Lipinski definition) is 1. The topological polar surface area (TPSA) is 56.8 Å². The fourth-order valence-corrected chi connectivity index (χ4v) is 5.42. The molecule has 2 fully saturated rings. The summed E-state index contributed by atoms with van der Waals surface area (Å²) in [6, 6.07) is 11.1. The number of carbonyl (C=O) groups excluding carboxylic acids is 1. The number of benzene rings is 2. The van der Waals surface area contributed by atoms with Gasteiger partial charge in [-0.1, -0.05) is 12.1 Å². The lowest BCUT2D eigenvalue weighted by Gasteiger charge is -2.24. The average Bonchev–Trinajstić information content (AvgIpc) is 3.27. The number of amides is 1. The van der Waals surface area contributed by atoms with Gasteiger partial charge in [-0.2, -0.15) is 0 Å². The number of nitrogens with one attached hydrogen (secondary N) is 1. The van der Waals surface area contributed by atoms with Crippen molar-refractivity contribution in [3.05, 3.63) is 65.2 Å². The molecule has 1 aliphatic carbocycles. The molecular formula is C28H32FNO4. The van der Waals surface area contributed by atoms with E-state index in [0.717, 1.165) is 42.1 Å². The minimum absolute atomic E-state index is 0.0614. The summed E-state index contributed by atoms with van der Waals surface area (Å²) >= 11 is 0. The summed E-state index contributed by atoms with van der Waals surface area (Å²) in [5.74, 6) is 3.06. The molecule has 34 heavy (non-hydrogen) atoms. The summed E-state index contributed by atoms with van der Waals surface area (Å²) in [5, 5.41) is 3.08. The lowest BCUT2D eigenvalue weighted by Crippen LogP contribution is -2.25. The maximum atomic E-state index is 14.0. The highest BCUT2D eigenvalue weighted by molar-refractivity contribution is 5.76. The van der Waals surface area contributed by atoms with Gasteiger partial charge < -0.3 is 19.5 Å². The molecule has 2 aromatic carbocycles. The van der Waals surface area contributed by atoms with Crippen molar-refractivity contribution in [3.8, 4) is 17.2 Å². The Hall–Kier alpha value is -3.02. The van der Waals surface area contributed by atoms with Crippen molar-refractivity contribution in [1.29, 1.82) is 0 Å². The van der Waals surface area contributed by atoms with Gasteiger partial charge in [-0.15, -0.1) is 0 Å². The molecule has 2 atom stereocenters. The van der Waals surface area contributed by atoms with Gasteiger partial charge in [-0.25, -0.2) is 4.39 Å². The number of allylic oxidation sites excluding steroid dienone is 2. The zero-order valence-electron chi connectivity index (χ0n) is 19.6. The molecule has 2 aliphatic heterocycles. The minimum atomic E-state index is -0.239. The first-order chi connectivity index (χ1) is 16.6. The van der Waals surface area contributed by atoms with E-state index in [0.29, 0.717) is 37.1 Å². The van der Waals surface area contributed by atoms with Gasteiger partial charge in [0.05, 0.1) is 13.2 Å². The second kappa shape index (κ2) is 10.1. The van der Waals surface area contributed by atoms with E-state index in [-0.39, 0.29) is 29.7 Å². The smallest absolute Gasteiger partial charge is 0.220 e. The molecule has 180 valence electrons. The van der Waals surface area contributed by atoms with Crippen LogP contribution in [0.2, 0.25) is 0 Å². The fourth-order valence-electron chi connectivity index (χ4n) is 5.42. The zero-order valence-corrected chi connectivity index (χ0v) is 19.6. The largest absolute Gasteiger partial charge is 0.493 e. The van der Waals surface area contributed by atoms with Gasteiger partial charge in [0.1, 0.15) is 17.3 Å². The molecule has 0 spiro atoms. The van der Waals surface area contributed by atoms with Gasteiger partial charge in [0, 0.05) is 37.3 Å². The van der Waals surface area contributed by atoms with Crippen LogP contribution in [0, 0.1) is 11.7 Å². The Labute approximate surface area is 200 Å². The number of hydrogen-bond acceptors (Lipinski definition) is 4. The van der Waals surface area contributed by atoms with Crippen molar-refractivity contribution in [2.75, 3.05) is 13.7 Å². The highest BCUT2D eigenvalue weighted by atomic mass is 19.1. The van der Waals surface area contributed by atoms with E-state index in [2.05, 4.69) is 17.4 Å². The lowest BCUT2D eigenvalue weighted by molar-refractivity contribution is -0.121. The van der Waals surface area contributed by atoms with Crippen molar-refractivity contribution in [2.45, 2.75) is 63.4 Å². The number of methoxy groups -OCH3 is 1. The number of fused-ring (bicyclic) bond motifs is 1. The maximum absolute atomic E-state index is 14.0. The van der Waals surface area contributed by atoms with E-state index < -0.39 is 0 Å². The van der Waals surface area contributed by atoms with E-state index >= 15 is 0 Å². The van der Waals surface area contributed by atoms with Crippen LogP contribution in [0.1, 0.15) is 62.0 Å². The van der Waals surface area contributed by atoms with E-state index in [1.165, 1.54) is 18.9 Å². The predicted molar refractivity (Wildman–Crippen MR) is 128 cm³/mol. The Balaban J connectivity index is 1.31. The van der Waals surface area contributed by atoms with Crippen LogP contribution in [0.5, 0.6) is 17.2 Å². The SMILES string of the molecule is COc1ccc(C2CNC(=O)CC(CC3=CCc4c(F)cccc4O3)C2)cc1OC1CCCC1. The number of carbonyl (C=O) groups is 1. The molecule has 0 aromatic heterocycles. The van der Waals surface area contributed by atoms with E-state index in [1.54, 1.807) is 19.2 Å². The summed E-state index contributed by atoms with van der Waals surface area (Å²) in [6.07, 6.45) is 9.24. The fraction of sp³-hybridized carbons (Fsp3) is 0.464. The highest BCUT2D eigenvalue weighted by Crippen LogP contribution is 2.38. The molecule has 2 heterocycles. The van der Waals surface area contributed by atoms with Gasteiger partial charge >= 0.3 is 0 Å². The van der Waals surface area contributed by atoms with Crippen molar-refractivity contribution in [3.63, 3.8) is 0 Å². The van der Waals surface area contributed by atoms with Gasteiger partial charge in [0.25, 0.3) is 0 Å². The van der Waals surface area contributed by atoms with E-state index in [9.17, 15) is 9.18 Å². The van der Waals surface area contributed by atoms with Crippen LogP contribution in [0.15, 0.2) is 48.2 Å². The second-order valence-electron chi connectivity index (χ2n) is 9.64. The van der Waals surface area contributed by atoms with Crippen LogP contribution in [0.3, 0.4) is 0 Å². The molecule has 2 unspecified atom stereocenters. The molecule has 0 radical (unpaired) electrons. The molecule has 6 heteroatoms. The number of ether oxygens (including phenoxy) is 3. The van der Waals surface area contributed by atoms with Gasteiger partial charge in [0.2, 0.25) is 5.91 Å². The number of rotatable bonds is 6. The monoisotopic (exact) mass is 465 g/mol. The molecule has 3 aliphatic rings. The van der Waals surface area contributed by atoms with Crippen LogP contribution in [-0.2, 0) is 11.2 Å². The molecule has 1 saturated carbocycles. The van der Waals surface area contributed by atoms with Crippen LogP contribution in [0.25, 0.3) is 0 Å². The summed E-state index contributed by atoms with van der Waals surface area (Å²) in [6.45, 7) is 0.596. The summed E-state index contributed by atoms with van der Waals surface area (Å²) in [7, 11) is 1.67. The van der Waals surface area contributed by atoms with Crippen molar-refractivity contribution in [1.82, 2.24) is 5.32 Å². The molecule has 5 rings (SSSR count). The van der Waals surface area contributed by atoms with E-state index in [4.69, 9.17) is 14.2 Å². The third-order valence-corrected chi connectivity index (χ3v) is 7.23. The molecular weight excluding hydrogens is 433 g/mol. The Kier molecular flexibility index (Phi) is 6.75. The van der Waals surface area contributed by atoms with Crippen LogP contribution >= 0.6 is 0 Å². The molecule has 1 saturated heterocycles. The van der Waals surface area contributed by atoms with Crippen molar-refractivity contribution >= 4 is 5.91 Å². The van der Waals surface area contributed by atoms with Crippen LogP contribution in [-0.4, -0.2) is 25.7 Å². The normalized spacial score (nSPS) is 22.8. The summed E-state index contributed by atoms with van der Waals surface area (Å²) in [4.78, 5) is 12.5. The third-order valence-electron chi connectivity index (χ3n) is 7.23. The Morgan fingerprint density at radius 1 is 1.15 bits per heavy atom. The Bertz CT molecular complexity index is 1080. The number of halogens is 1. The summed E-state index contributed by atoms with van der Waals surface area (Å²) < 4.78 is 31.9. The molecule has 2 aromatic rings. The quantitative estimate of drug-likeness (QED) is 0.597. The first-order valence-electron chi connectivity index (χ1n) is 12.3. The van der Waals surface area contributed by atoms with Crippen LogP contribution < -0.4 is 19.5 Å². The maximum Gasteiger partial charge on any atom is 0.220 e. The van der Waals surface area contributed by atoms with Gasteiger partial charge in [-0.3, -0.25) is 4.79 Å². The zero-order chi connectivity index (χ0) is 23.5. The van der Waals surface area contributed by atoms with Crippen molar-refractivity contribution in [2.24, 2.45) is 5.92 Å². The first-order valence-corrected chi connectivity index (χ1v) is 12.3. The van der Waals surface area contributed by atoms with E-state index in [1.807, 2.05) is 12.1 Å².